The minimum Gasteiger partial charge on any atom is -0.278 e. The second-order valence-electron chi connectivity index (χ2n) is 7.30. The highest BCUT2D eigenvalue weighted by Gasteiger charge is 2.31. The van der Waals surface area contributed by atoms with Crippen molar-refractivity contribution in [3.63, 3.8) is 0 Å². The zero-order chi connectivity index (χ0) is 19.9. The average molecular weight is 362 g/mol. The Labute approximate surface area is 158 Å². The lowest BCUT2D eigenvalue weighted by Crippen LogP contribution is -2.27. The van der Waals surface area contributed by atoms with E-state index in [4.69, 9.17) is 0 Å². The molecule has 144 valence electrons. The number of aliphatic imine (C=N–C) groups is 1. The first-order valence-corrected chi connectivity index (χ1v) is 9.38. The number of rotatable bonds is 7. The molecule has 0 spiro atoms. The van der Waals surface area contributed by atoms with Gasteiger partial charge in [-0.25, -0.2) is 0 Å². The van der Waals surface area contributed by atoms with Crippen LogP contribution >= 0.6 is 0 Å². The Hall–Kier alpha value is -1.77. The summed E-state index contributed by atoms with van der Waals surface area (Å²) in [6.45, 7) is 15.0. The van der Waals surface area contributed by atoms with Gasteiger partial charge in [0.15, 0.2) is 0 Å². The van der Waals surface area contributed by atoms with Crippen LogP contribution in [0.15, 0.2) is 63.7 Å². The van der Waals surface area contributed by atoms with Crippen molar-refractivity contribution in [1.29, 1.82) is 0 Å². The Morgan fingerprint density at radius 3 is 2.46 bits per heavy atom. The summed E-state index contributed by atoms with van der Waals surface area (Å²) in [5.41, 5.74) is 4.71. The molecule has 1 aliphatic carbocycles. The Bertz CT molecular complexity index is 667. The summed E-state index contributed by atoms with van der Waals surface area (Å²) in [7, 11) is 0. The second kappa shape index (κ2) is 9.80. The van der Waals surface area contributed by atoms with E-state index >= 15 is 0 Å². The summed E-state index contributed by atoms with van der Waals surface area (Å²) in [5.74, 6) is -2.68. The molecule has 1 unspecified atom stereocenters. The standard InChI is InChI=1S/C23H33F2N/c1-8-17(4)18(5)19(6)22(23(7,24)25)26-15-20-11-9-10-12-21(14-13-20)16(2)3/h9,11-13,17H,2,8,10,14-15H2,1,3-7H3/b11-9-,19-18+,20-13+,21-12+,26-22?. The fourth-order valence-electron chi connectivity index (χ4n) is 2.91. The second-order valence-corrected chi connectivity index (χ2v) is 7.30. The Kier molecular flexibility index (Phi) is 8.39. The molecule has 0 radical (unpaired) electrons. The van der Waals surface area contributed by atoms with Crippen LogP contribution in [-0.4, -0.2) is 18.2 Å². The van der Waals surface area contributed by atoms with E-state index in [9.17, 15) is 8.78 Å². The lowest BCUT2D eigenvalue weighted by Gasteiger charge is -2.20. The molecule has 1 nitrogen and oxygen atoms in total. The minimum atomic E-state index is -2.95. The van der Waals surface area contributed by atoms with Crippen molar-refractivity contribution in [3.8, 4) is 0 Å². The lowest BCUT2D eigenvalue weighted by atomic mass is 9.92. The van der Waals surface area contributed by atoms with Crippen molar-refractivity contribution < 1.29 is 8.78 Å². The average Bonchev–Trinajstić information content (AvgIpc) is 2.53. The fraction of sp³-hybridized carbons (Fsp3) is 0.522. The van der Waals surface area contributed by atoms with E-state index in [0.29, 0.717) is 5.57 Å². The molecule has 0 saturated heterocycles. The highest BCUT2D eigenvalue weighted by Crippen LogP contribution is 2.26. The van der Waals surface area contributed by atoms with Gasteiger partial charge in [-0.2, -0.15) is 8.78 Å². The molecule has 1 atom stereocenters. The molecule has 1 aliphatic rings. The van der Waals surface area contributed by atoms with Crippen molar-refractivity contribution in [2.24, 2.45) is 10.9 Å². The van der Waals surface area contributed by atoms with Crippen LogP contribution in [0, 0.1) is 5.92 Å². The summed E-state index contributed by atoms with van der Waals surface area (Å²) in [6, 6.07) is 0. The molecule has 0 amide bonds. The highest BCUT2D eigenvalue weighted by molar-refractivity contribution is 6.05. The predicted octanol–water partition coefficient (Wildman–Crippen LogP) is 7.24. The van der Waals surface area contributed by atoms with Crippen molar-refractivity contribution in [3.05, 3.63) is 58.7 Å². The monoisotopic (exact) mass is 361 g/mol. The molecule has 1 rings (SSSR count). The molecule has 0 aliphatic heterocycles. The number of allylic oxidation sites excluding steroid dienone is 7. The normalized spacial score (nSPS) is 23.6. The number of nitrogens with zero attached hydrogens (tertiary/aromatic N) is 1. The van der Waals surface area contributed by atoms with Gasteiger partial charge < -0.3 is 0 Å². The number of halogens is 2. The predicted molar refractivity (Wildman–Crippen MR) is 110 cm³/mol. The summed E-state index contributed by atoms with van der Waals surface area (Å²) < 4.78 is 28.4. The molecule has 0 aromatic heterocycles. The van der Waals surface area contributed by atoms with E-state index < -0.39 is 5.92 Å². The van der Waals surface area contributed by atoms with E-state index in [-0.39, 0.29) is 18.2 Å². The van der Waals surface area contributed by atoms with Gasteiger partial charge in [0.2, 0.25) is 0 Å². The molecular weight excluding hydrogens is 328 g/mol. The van der Waals surface area contributed by atoms with Gasteiger partial charge in [-0.05, 0) is 62.7 Å². The molecule has 26 heavy (non-hydrogen) atoms. The molecule has 0 aromatic carbocycles. The topological polar surface area (TPSA) is 12.4 Å². The molecule has 0 fully saturated rings. The maximum Gasteiger partial charge on any atom is 0.286 e. The molecule has 3 heteroatoms. The van der Waals surface area contributed by atoms with Crippen molar-refractivity contribution >= 4 is 5.71 Å². The van der Waals surface area contributed by atoms with Gasteiger partial charge in [0.25, 0.3) is 5.92 Å². The summed E-state index contributed by atoms with van der Waals surface area (Å²) >= 11 is 0. The van der Waals surface area contributed by atoms with E-state index in [0.717, 1.165) is 42.9 Å². The number of alkyl halides is 2. The first-order chi connectivity index (χ1) is 12.1. The molecule has 0 bridgehead atoms. The maximum atomic E-state index is 14.2. The van der Waals surface area contributed by atoms with Crippen molar-refractivity contribution in [1.82, 2.24) is 0 Å². The van der Waals surface area contributed by atoms with Crippen LogP contribution < -0.4 is 0 Å². The summed E-state index contributed by atoms with van der Waals surface area (Å²) in [4.78, 5) is 4.35. The van der Waals surface area contributed by atoms with Gasteiger partial charge in [0.1, 0.15) is 5.71 Å². The third-order valence-corrected chi connectivity index (χ3v) is 5.10. The first kappa shape index (κ1) is 22.3. The van der Waals surface area contributed by atoms with Crippen LogP contribution in [0.3, 0.4) is 0 Å². The highest BCUT2D eigenvalue weighted by atomic mass is 19.3. The molecule has 0 saturated carbocycles. The van der Waals surface area contributed by atoms with Crippen LogP contribution in [0.5, 0.6) is 0 Å². The van der Waals surface area contributed by atoms with Gasteiger partial charge in [0.05, 0.1) is 6.54 Å². The van der Waals surface area contributed by atoms with Gasteiger partial charge in [-0.1, -0.05) is 55.9 Å². The first-order valence-electron chi connectivity index (χ1n) is 9.38. The van der Waals surface area contributed by atoms with Gasteiger partial charge in [-0.15, -0.1) is 0 Å². The molecular formula is C23H33F2N. The molecule has 0 heterocycles. The lowest BCUT2D eigenvalue weighted by molar-refractivity contribution is 0.101. The zero-order valence-electron chi connectivity index (χ0n) is 17.1. The van der Waals surface area contributed by atoms with Gasteiger partial charge in [0, 0.05) is 6.92 Å². The number of hydrogen-bond acceptors (Lipinski definition) is 1. The van der Waals surface area contributed by atoms with E-state index in [2.05, 4.69) is 37.6 Å². The van der Waals surface area contributed by atoms with Crippen molar-refractivity contribution in [2.75, 3.05) is 6.54 Å². The third kappa shape index (κ3) is 6.51. The van der Waals surface area contributed by atoms with Gasteiger partial charge in [-0.3, -0.25) is 4.99 Å². The molecule has 0 N–H and O–H groups in total. The number of hydrogen-bond donors (Lipinski definition) is 0. The SMILES string of the molecule is C=C(C)/C1=C/C/C=C\C(CN=C(/C(C)=C(\C)C(C)CC)C(C)(F)F)=C/C1. The Morgan fingerprint density at radius 2 is 1.92 bits per heavy atom. The summed E-state index contributed by atoms with van der Waals surface area (Å²) in [5, 5.41) is 0. The smallest absolute Gasteiger partial charge is 0.278 e. The van der Waals surface area contributed by atoms with Crippen LogP contribution in [0.25, 0.3) is 0 Å². The summed E-state index contributed by atoms with van der Waals surface area (Å²) in [6.07, 6.45) is 10.8. The van der Waals surface area contributed by atoms with Crippen molar-refractivity contribution in [2.45, 2.75) is 66.7 Å². The maximum absolute atomic E-state index is 14.2. The van der Waals surface area contributed by atoms with Crippen LogP contribution in [0.1, 0.15) is 60.8 Å². The van der Waals surface area contributed by atoms with E-state index in [1.165, 1.54) is 5.57 Å². The fourth-order valence-corrected chi connectivity index (χ4v) is 2.91. The zero-order valence-corrected chi connectivity index (χ0v) is 17.1. The Balaban J connectivity index is 3.14. The van der Waals surface area contributed by atoms with E-state index in [1.807, 2.05) is 26.0 Å². The Morgan fingerprint density at radius 1 is 1.27 bits per heavy atom. The van der Waals surface area contributed by atoms with Crippen LogP contribution in [-0.2, 0) is 0 Å². The quantitative estimate of drug-likeness (QED) is 0.424. The third-order valence-electron chi connectivity index (χ3n) is 5.10. The largest absolute Gasteiger partial charge is 0.286 e. The van der Waals surface area contributed by atoms with Crippen LogP contribution in [0.4, 0.5) is 8.78 Å². The minimum absolute atomic E-state index is 0.0951. The molecule has 0 aromatic rings. The van der Waals surface area contributed by atoms with Gasteiger partial charge >= 0.3 is 0 Å². The van der Waals surface area contributed by atoms with Crippen LogP contribution in [0.2, 0.25) is 0 Å². The van der Waals surface area contributed by atoms with E-state index in [1.54, 1.807) is 6.92 Å².